The van der Waals surface area contributed by atoms with Crippen molar-refractivity contribution >= 4 is 29.9 Å². The molecule has 2 heterocycles. The molecule has 4 unspecified atom stereocenters. The van der Waals surface area contributed by atoms with E-state index in [0.717, 1.165) is 25.7 Å². The van der Waals surface area contributed by atoms with Crippen molar-refractivity contribution in [1.29, 1.82) is 0 Å². The number of rotatable bonds is 4. The zero-order chi connectivity index (χ0) is 16.4. The van der Waals surface area contributed by atoms with Crippen molar-refractivity contribution in [2.24, 2.45) is 16.3 Å². The fourth-order valence-electron chi connectivity index (χ4n) is 4.88. The third-order valence-electron chi connectivity index (χ3n) is 6.28. The molecule has 3 fully saturated rings. The van der Waals surface area contributed by atoms with E-state index in [4.69, 9.17) is 4.74 Å². The zero-order valence-corrected chi connectivity index (χ0v) is 18.0. The van der Waals surface area contributed by atoms with Gasteiger partial charge in [-0.05, 0) is 32.4 Å². The van der Waals surface area contributed by atoms with E-state index in [0.29, 0.717) is 24.1 Å². The Hall–Kier alpha value is -0.0800. The Balaban J connectivity index is 0.00000208. The van der Waals surface area contributed by atoms with Crippen molar-refractivity contribution in [3.63, 3.8) is 0 Å². The molecule has 6 heteroatoms. The summed E-state index contributed by atoms with van der Waals surface area (Å²) in [7, 11) is 1.88. The molecule has 0 spiro atoms. The molecular formula is C18H35IN4O. The minimum Gasteiger partial charge on any atom is -0.377 e. The summed E-state index contributed by atoms with van der Waals surface area (Å²) in [5.74, 6) is 1.60. The Morgan fingerprint density at radius 2 is 2.08 bits per heavy atom. The van der Waals surface area contributed by atoms with E-state index in [1.165, 1.54) is 32.2 Å². The van der Waals surface area contributed by atoms with Crippen molar-refractivity contribution in [3.05, 3.63) is 0 Å². The molecule has 0 aromatic rings. The predicted octanol–water partition coefficient (Wildman–Crippen LogP) is 2.46. The van der Waals surface area contributed by atoms with Crippen molar-refractivity contribution in [1.82, 2.24) is 15.5 Å². The Morgan fingerprint density at radius 3 is 2.79 bits per heavy atom. The second-order valence-electron chi connectivity index (χ2n) is 7.92. The van der Waals surface area contributed by atoms with Crippen molar-refractivity contribution in [2.75, 3.05) is 33.3 Å². The number of ether oxygens (including phenoxy) is 1. The average molecular weight is 450 g/mol. The average Bonchev–Trinajstić information content (AvgIpc) is 3.02. The van der Waals surface area contributed by atoms with Gasteiger partial charge in [0.2, 0.25) is 0 Å². The van der Waals surface area contributed by atoms with E-state index in [2.05, 4.69) is 41.3 Å². The van der Waals surface area contributed by atoms with Gasteiger partial charge in [0.15, 0.2) is 5.96 Å². The Kier molecular flexibility index (Phi) is 7.20. The van der Waals surface area contributed by atoms with Crippen LogP contribution in [0.4, 0.5) is 0 Å². The number of guanidine groups is 1. The third kappa shape index (κ3) is 3.85. The van der Waals surface area contributed by atoms with Gasteiger partial charge in [0.25, 0.3) is 0 Å². The van der Waals surface area contributed by atoms with E-state index in [9.17, 15) is 0 Å². The second kappa shape index (κ2) is 8.54. The minimum absolute atomic E-state index is 0. The van der Waals surface area contributed by atoms with Gasteiger partial charge in [0, 0.05) is 43.6 Å². The number of hydrogen-bond acceptors (Lipinski definition) is 3. The van der Waals surface area contributed by atoms with Crippen LogP contribution >= 0.6 is 24.0 Å². The number of piperidine rings is 1. The molecule has 2 N–H and O–H groups in total. The lowest BCUT2D eigenvalue weighted by Gasteiger charge is -2.55. The largest absolute Gasteiger partial charge is 0.377 e. The number of nitrogens with zero attached hydrogens (tertiary/aromatic N) is 2. The van der Waals surface area contributed by atoms with Crippen LogP contribution in [0.25, 0.3) is 0 Å². The van der Waals surface area contributed by atoms with Crippen LogP contribution < -0.4 is 10.6 Å². The summed E-state index contributed by atoms with van der Waals surface area (Å²) < 4.78 is 5.89. The summed E-state index contributed by atoms with van der Waals surface area (Å²) in [4.78, 5) is 7.06. The van der Waals surface area contributed by atoms with Gasteiger partial charge in [0.1, 0.15) is 0 Å². The summed E-state index contributed by atoms with van der Waals surface area (Å²) in [5.41, 5.74) is 0.194. The second-order valence-corrected chi connectivity index (χ2v) is 7.92. The van der Waals surface area contributed by atoms with Gasteiger partial charge >= 0.3 is 0 Å². The maximum atomic E-state index is 5.89. The van der Waals surface area contributed by atoms with Crippen LogP contribution in [-0.4, -0.2) is 62.3 Å². The van der Waals surface area contributed by atoms with Gasteiger partial charge in [-0.25, -0.2) is 0 Å². The zero-order valence-electron chi connectivity index (χ0n) is 15.7. The highest BCUT2D eigenvalue weighted by molar-refractivity contribution is 14.0. The van der Waals surface area contributed by atoms with Gasteiger partial charge < -0.3 is 15.4 Å². The molecule has 0 aromatic carbocycles. The molecule has 2 aliphatic heterocycles. The molecule has 2 saturated heterocycles. The van der Waals surface area contributed by atoms with E-state index < -0.39 is 0 Å². The Morgan fingerprint density at radius 1 is 1.29 bits per heavy atom. The highest BCUT2D eigenvalue weighted by Crippen LogP contribution is 2.52. The quantitative estimate of drug-likeness (QED) is 0.393. The first-order chi connectivity index (χ1) is 11.1. The Bertz CT molecular complexity index is 443. The molecule has 1 saturated carbocycles. The highest BCUT2D eigenvalue weighted by atomic mass is 127. The van der Waals surface area contributed by atoms with Crippen molar-refractivity contribution in [3.8, 4) is 0 Å². The number of likely N-dealkylation sites (tertiary alicyclic amines) is 1. The first-order valence-corrected chi connectivity index (χ1v) is 9.40. The molecule has 140 valence electrons. The molecule has 4 atom stereocenters. The van der Waals surface area contributed by atoms with Crippen molar-refractivity contribution < 1.29 is 4.74 Å². The minimum atomic E-state index is 0. The van der Waals surface area contributed by atoms with E-state index in [1.54, 1.807) is 0 Å². The summed E-state index contributed by atoms with van der Waals surface area (Å²) in [6.45, 7) is 11.2. The maximum Gasteiger partial charge on any atom is 0.191 e. The summed E-state index contributed by atoms with van der Waals surface area (Å²) in [5, 5.41) is 7.25. The van der Waals surface area contributed by atoms with Gasteiger partial charge in [-0.15, -0.1) is 24.0 Å². The monoisotopic (exact) mass is 450 g/mol. The maximum absolute atomic E-state index is 5.89. The van der Waals surface area contributed by atoms with Crippen LogP contribution in [0.15, 0.2) is 4.99 Å². The van der Waals surface area contributed by atoms with Gasteiger partial charge in [-0.3, -0.25) is 9.89 Å². The molecule has 0 bridgehead atoms. The topological polar surface area (TPSA) is 48.9 Å². The van der Waals surface area contributed by atoms with Crippen LogP contribution in [0, 0.1) is 11.3 Å². The van der Waals surface area contributed by atoms with Gasteiger partial charge in [-0.2, -0.15) is 0 Å². The van der Waals surface area contributed by atoms with Crippen LogP contribution in [0.2, 0.25) is 0 Å². The lowest BCUT2D eigenvalue weighted by molar-refractivity contribution is -0.106. The smallest absolute Gasteiger partial charge is 0.191 e. The lowest BCUT2D eigenvalue weighted by Crippen LogP contribution is -2.68. The van der Waals surface area contributed by atoms with Gasteiger partial charge in [0.05, 0.1) is 6.10 Å². The molecule has 0 aromatic heterocycles. The summed E-state index contributed by atoms with van der Waals surface area (Å²) in [6, 6.07) is 1.11. The molecule has 3 aliphatic rings. The van der Waals surface area contributed by atoms with Crippen LogP contribution in [-0.2, 0) is 4.74 Å². The van der Waals surface area contributed by atoms with Crippen LogP contribution in [0.3, 0.4) is 0 Å². The third-order valence-corrected chi connectivity index (χ3v) is 6.28. The summed E-state index contributed by atoms with van der Waals surface area (Å²) in [6.07, 6.45) is 5.59. The number of hydrogen-bond donors (Lipinski definition) is 2. The van der Waals surface area contributed by atoms with Crippen LogP contribution in [0.5, 0.6) is 0 Å². The SMILES string of the molecule is CCN1CCCCC1CNC(=NC)NC1C2CCOC2C1(C)C.I. The standard InChI is InChI=1S/C18H34N4O.HI/c1-5-22-10-7-6-8-13(22)12-20-17(19-4)21-15-14-9-11-23-16(14)18(15,2)3;/h13-16H,5-12H2,1-4H3,(H2,19,20,21);1H. The molecular weight excluding hydrogens is 415 g/mol. The first-order valence-electron chi connectivity index (χ1n) is 9.40. The molecule has 24 heavy (non-hydrogen) atoms. The fraction of sp³-hybridized carbons (Fsp3) is 0.944. The highest BCUT2D eigenvalue weighted by Gasteiger charge is 2.59. The first kappa shape index (κ1) is 20.2. The molecule has 0 amide bonds. The molecule has 3 rings (SSSR count). The normalized spacial score (nSPS) is 35.6. The van der Waals surface area contributed by atoms with E-state index in [-0.39, 0.29) is 29.4 Å². The Labute approximate surface area is 164 Å². The number of aliphatic imine (C=N–C) groups is 1. The van der Waals surface area contributed by atoms with E-state index >= 15 is 0 Å². The fourth-order valence-corrected chi connectivity index (χ4v) is 4.88. The van der Waals surface area contributed by atoms with Gasteiger partial charge in [-0.1, -0.05) is 27.2 Å². The number of fused-ring (bicyclic) bond motifs is 1. The number of halogens is 1. The molecule has 5 nitrogen and oxygen atoms in total. The predicted molar refractivity (Wildman–Crippen MR) is 110 cm³/mol. The van der Waals surface area contributed by atoms with E-state index in [1.807, 2.05) is 7.05 Å². The lowest BCUT2D eigenvalue weighted by atomic mass is 9.57. The summed E-state index contributed by atoms with van der Waals surface area (Å²) >= 11 is 0. The van der Waals surface area contributed by atoms with Crippen LogP contribution in [0.1, 0.15) is 46.5 Å². The number of likely N-dealkylation sites (N-methyl/N-ethyl adjacent to an activating group) is 1. The number of nitrogens with one attached hydrogen (secondary N) is 2. The molecule has 1 aliphatic carbocycles. The van der Waals surface area contributed by atoms with Crippen molar-refractivity contribution in [2.45, 2.75) is 64.6 Å². The molecule has 0 radical (unpaired) electrons.